The van der Waals surface area contributed by atoms with E-state index >= 15 is 0 Å². The molecule has 0 saturated heterocycles. The first kappa shape index (κ1) is 17.2. The highest BCUT2D eigenvalue weighted by molar-refractivity contribution is 5.85. The molecule has 8 nitrogen and oxygen atoms in total. The number of carbonyl (C=O) groups excluding carboxylic acids is 2. The molecule has 0 aliphatic carbocycles. The lowest BCUT2D eigenvalue weighted by Gasteiger charge is -2.24. The molecular weight excluding hydrogens is 256 g/mol. The predicted octanol–water partition coefficient (Wildman–Crippen LogP) is -0.585. The quantitative estimate of drug-likeness (QED) is 0.535. The van der Waals surface area contributed by atoms with Gasteiger partial charge in [0.1, 0.15) is 6.54 Å². The minimum absolute atomic E-state index is 0.198. The Hall–Kier alpha value is -1.83. The van der Waals surface area contributed by atoms with Gasteiger partial charge in [-0.2, -0.15) is 0 Å². The summed E-state index contributed by atoms with van der Waals surface area (Å²) in [5.74, 6) is -1.93. The van der Waals surface area contributed by atoms with Gasteiger partial charge in [-0.3, -0.25) is 4.79 Å². The molecule has 2 amide bonds. The molecule has 3 N–H and O–H groups in total. The second-order valence-corrected chi connectivity index (χ2v) is 3.83. The number of amides is 2. The summed E-state index contributed by atoms with van der Waals surface area (Å²) in [5, 5.41) is 20.2. The minimum Gasteiger partial charge on any atom is -0.480 e. The van der Waals surface area contributed by atoms with Gasteiger partial charge in [-0.15, -0.1) is 0 Å². The van der Waals surface area contributed by atoms with Crippen LogP contribution < -0.4 is 5.32 Å². The van der Waals surface area contributed by atoms with Crippen LogP contribution in [0.5, 0.6) is 0 Å². The first-order chi connectivity index (χ1) is 8.83. The summed E-state index contributed by atoms with van der Waals surface area (Å²) in [7, 11) is 0. The second kappa shape index (κ2) is 8.30. The summed E-state index contributed by atoms with van der Waals surface area (Å²) in [6, 6.07) is -2.17. The number of ether oxygens (including phenoxy) is 1. The number of nitrogens with zero attached hydrogens (tertiary/aromatic N) is 1. The molecule has 0 heterocycles. The van der Waals surface area contributed by atoms with Gasteiger partial charge in [-0.05, 0) is 20.8 Å². The fraction of sp³-hybridized carbons (Fsp3) is 0.727. The maximum atomic E-state index is 11.8. The Morgan fingerprint density at radius 1 is 1.32 bits per heavy atom. The van der Waals surface area contributed by atoms with E-state index in [0.29, 0.717) is 0 Å². The monoisotopic (exact) mass is 276 g/mol. The highest BCUT2D eigenvalue weighted by Gasteiger charge is 2.27. The van der Waals surface area contributed by atoms with Gasteiger partial charge in [0.15, 0.2) is 6.04 Å². The standard InChI is InChI=1S/C11H20N2O6/c1-4-13(6-8(15)19-5-2)11(18)12-9(7(3)14)10(16)17/h7,9,14H,4-6H2,1-3H3,(H,12,18)(H,16,17). The van der Waals surface area contributed by atoms with Gasteiger partial charge in [-0.1, -0.05) is 0 Å². The van der Waals surface area contributed by atoms with Crippen molar-refractivity contribution in [3.05, 3.63) is 0 Å². The zero-order chi connectivity index (χ0) is 15.0. The van der Waals surface area contributed by atoms with Gasteiger partial charge < -0.3 is 25.2 Å². The maximum absolute atomic E-state index is 11.8. The van der Waals surface area contributed by atoms with Crippen LogP contribution in [0, 0.1) is 0 Å². The molecule has 0 fully saturated rings. The molecule has 0 bridgehead atoms. The molecule has 0 saturated carbocycles. The summed E-state index contributed by atoms with van der Waals surface area (Å²) in [5.41, 5.74) is 0. The molecule has 0 radical (unpaired) electrons. The fourth-order valence-corrected chi connectivity index (χ4v) is 1.30. The molecule has 2 atom stereocenters. The third-order valence-corrected chi connectivity index (χ3v) is 2.32. The van der Waals surface area contributed by atoms with Gasteiger partial charge in [-0.25, -0.2) is 9.59 Å². The maximum Gasteiger partial charge on any atom is 0.328 e. The number of rotatable bonds is 7. The van der Waals surface area contributed by atoms with Crippen molar-refractivity contribution in [3.63, 3.8) is 0 Å². The van der Waals surface area contributed by atoms with Gasteiger partial charge in [0.25, 0.3) is 0 Å². The lowest BCUT2D eigenvalue weighted by molar-refractivity contribution is -0.143. The minimum atomic E-state index is -1.43. The van der Waals surface area contributed by atoms with E-state index in [0.717, 1.165) is 4.90 Å². The molecule has 0 aliphatic heterocycles. The van der Waals surface area contributed by atoms with Crippen molar-refractivity contribution in [1.29, 1.82) is 0 Å². The Bertz CT molecular complexity index is 331. The molecule has 0 rings (SSSR count). The summed E-state index contributed by atoms with van der Waals surface area (Å²) >= 11 is 0. The number of nitrogens with one attached hydrogen (secondary N) is 1. The number of aliphatic hydroxyl groups is 1. The second-order valence-electron chi connectivity index (χ2n) is 3.83. The Labute approximate surface area is 111 Å². The van der Waals surface area contributed by atoms with E-state index in [9.17, 15) is 19.5 Å². The van der Waals surface area contributed by atoms with E-state index in [4.69, 9.17) is 9.84 Å². The number of aliphatic hydroxyl groups excluding tert-OH is 1. The molecule has 19 heavy (non-hydrogen) atoms. The van der Waals surface area contributed by atoms with E-state index in [1.165, 1.54) is 6.92 Å². The zero-order valence-corrected chi connectivity index (χ0v) is 11.3. The van der Waals surface area contributed by atoms with Gasteiger partial charge in [0, 0.05) is 6.54 Å². The van der Waals surface area contributed by atoms with Crippen LogP contribution in [0.3, 0.4) is 0 Å². The van der Waals surface area contributed by atoms with Crippen LogP contribution >= 0.6 is 0 Å². The number of carbonyl (C=O) groups is 3. The van der Waals surface area contributed by atoms with Crippen LogP contribution in [-0.2, 0) is 14.3 Å². The lowest BCUT2D eigenvalue weighted by Crippen LogP contribution is -2.53. The number of likely N-dealkylation sites (N-methyl/N-ethyl adjacent to an activating group) is 1. The molecular formula is C11H20N2O6. The largest absolute Gasteiger partial charge is 0.480 e. The van der Waals surface area contributed by atoms with Crippen molar-refractivity contribution >= 4 is 18.0 Å². The van der Waals surface area contributed by atoms with Crippen LogP contribution in [0.2, 0.25) is 0 Å². The molecule has 0 aromatic carbocycles. The average Bonchev–Trinajstić information content (AvgIpc) is 2.32. The normalized spacial score (nSPS) is 13.3. The van der Waals surface area contributed by atoms with Crippen molar-refractivity contribution in [2.75, 3.05) is 19.7 Å². The van der Waals surface area contributed by atoms with Crippen LogP contribution in [-0.4, -0.2) is 64.9 Å². The van der Waals surface area contributed by atoms with Gasteiger partial charge >= 0.3 is 18.0 Å². The summed E-state index contributed by atoms with van der Waals surface area (Å²) in [4.78, 5) is 34.9. The number of hydrogen-bond donors (Lipinski definition) is 3. The summed E-state index contributed by atoms with van der Waals surface area (Å²) in [6.45, 7) is 4.66. The SMILES string of the molecule is CCOC(=O)CN(CC)C(=O)NC(C(=O)O)C(C)O. The Morgan fingerprint density at radius 2 is 1.89 bits per heavy atom. The van der Waals surface area contributed by atoms with Crippen molar-refractivity contribution in [2.24, 2.45) is 0 Å². The number of urea groups is 1. The topological polar surface area (TPSA) is 116 Å². The first-order valence-corrected chi connectivity index (χ1v) is 5.95. The Morgan fingerprint density at radius 3 is 2.26 bits per heavy atom. The molecule has 0 aliphatic rings. The Balaban J connectivity index is 4.58. The first-order valence-electron chi connectivity index (χ1n) is 5.95. The molecule has 0 spiro atoms. The third kappa shape index (κ3) is 6.05. The lowest BCUT2D eigenvalue weighted by atomic mass is 10.2. The van der Waals surface area contributed by atoms with Gasteiger partial charge in [0.2, 0.25) is 0 Å². The van der Waals surface area contributed by atoms with Crippen molar-refractivity contribution < 1.29 is 29.3 Å². The third-order valence-electron chi connectivity index (χ3n) is 2.32. The molecule has 2 unspecified atom stereocenters. The molecule has 0 aromatic rings. The number of carboxylic acid groups (broad SMARTS) is 1. The molecule has 110 valence electrons. The highest BCUT2D eigenvalue weighted by Crippen LogP contribution is 1.97. The summed E-state index contributed by atoms with van der Waals surface area (Å²) < 4.78 is 4.70. The van der Waals surface area contributed by atoms with Crippen molar-refractivity contribution in [1.82, 2.24) is 10.2 Å². The molecule has 0 aromatic heterocycles. The number of carboxylic acids is 1. The van der Waals surface area contributed by atoms with Gasteiger partial charge in [0.05, 0.1) is 12.7 Å². The molecule has 8 heteroatoms. The smallest absolute Gasteiger partial charge is 0.328 e. The van der Waals surface area contributed by atoms with Crippen molar-refractivity contribution in [3.8, 4) is 0 Å². The number of esters is 1. The zero-order valence-electron chi connectivity index (χ0n) is 11.3. The van der Waals surface area contributed by atoms with E-state index in [2.05, 4.69) is 5.32 Å². The number of hydrogen-bond acceptors (Lipinski definition) is 5. The predicted molar refractivity (Wildman–Crippen MR) is 65.5 cm³/mol. The fourth-order valence-electron chi connectivity index (χ4n) is 1.30. The van der Waals surface area contributed by atoms with E-state index in [1.54, 1.807) is 13.8 Å². The van der Waals surface area contributed by atoms with Crippen LogP contribution in [0.4, 0.5) is 4.79 Å². The van der Waals surface area contributed by atoms with E-state index < -0.39 is 30.1 Å². The van der Waals surface area contributed by atoms with E-state index in [-0.39, 0.29) is 19.7 Å². The van der Waals surface area contributed by atoms with Crippen molar-refractivity contribution in [2.45, 2.75) is 32.9 Å². The Kier molecular flexibility index (Phi) is 7.50. The van der Waals surface area contributed by atoms with E-state index in [1.807, 2.05) is 0 Å². The van der Waals surface area contributed by atoms with Crippen LogP contribution in [0.25, 0.3) is 0 Å². The average molecular weight is 276 g/mol. The van der Waals surface area contributed by atoms with Crippen LogP contribution in [0.1, 0.15) is 20.8 Å². The highest BCUT2D eigenvalue weighted by atomic mass is 16.5. The number of aliphatic carboxylic acids is 1. The summed E-state index contributed by atoms with van der Waals surface area (Å²) in [6.07, 6.45) is -1.25. The van der Waals surface area contributed by atoms with Crippen LogP contribution in [0.15, 0.2) is 0 Å².